The maximum Gasteiger partial charge on any atom is 0.0243 e. The van der Waals surface area contributed by atoms with Crippen LogP contribution in [0.15, 0.2) is 0 Å². The van der Waals surface area contributed by atoms with Gasteiger partial charge >= 0.3 is 0 Å². The van der Waals surface area contributed by atoms with Gasteiger partial charge in [-0.2, -0.15) is 0 Å². The average Bonchev–Trinajstić information content (AvgIpc) is 2.50. The van der Waals surface area contributed by atoms with Crippen molar-refractivity contribution in [3.63, 3.8) is 0 Å². The second kappa shape index (κ2) is 6.42. The highest BCUT2D eigenvalue weighted by Crippen LogP contribution is 2.23. The van der Waals surface area contributed by atoms with Gasteiger partial charge in [-0.25, -0.2) is 0 Å². The van der Waals surface area contributed by atoms with Gasteiger partial charge in [0.25, 0.3) is 0 Å². The van der Waals surface area contributed by atoms with E-state index in [1.807, 2.05) is 0 Å². The predicted molar refractivity (Wildman–Crippen MR) is 75.0 cm³/mol. The Morgan fingerprint density at radius 1 is 1.47 bits per heavy atom. The third-order valence-electron chi connectivity index (χ3n) is 3.82. The highest BCUT2D eigenvalue weighted by Gasteiger charge is 2.30. The van der Waals surface area contributed by atoms with Crippen LogP contribution < -0.4 is 5.32 Å². The van der Waals surface area contributed by atoms with Crippen LogP contribution in [-0.4, -0.2) is 36.6 Å². The third kappa shape index (κ3) is 4.33. The van der Waals surface area contributed by atoms with Crippen LogP contribution in [0.25, 0.3) is 0 Å². The van der Waals surface area contributed by atoms with Crippen LogP contribution >= 0.6 is 0 Å². The first-order valence-corrected chi connectivity index (χ1v) is 6.90. The summed E-state index contributed by atoms with van der Waals surface area (Å²) < 4.78 is 0. The van der Waals surface area contributed by atoms with Crippen molar-refractivity contribution in [3.8, 4) is 12.3 Å². The molecule has 0 aromatic heterocycles. The zero-order valence-electron chi connectivity index (χ0n) is 11.9. The molecule has 1 rings (SSSR count). The number of nitrogens with one attached hydrogen (secondary N) is 1. The molecule has 0 radical (unpaired) electrons. The maximum atomic E-state index is 5.48. The van der Waals surface area contributed by atoms with E-state index in [0.717, 1.165) is 25.9 Å². The monoisotopic (exact) mass is 236 g/mol. The van der Waals surface area contributed by atoms with E-state index in [9.17, 15) is 0 Å². The van der Waals surface area contributed by atoms with Crippen LogP contribution in [0, 0.1) is 17.8 Å². The Labute approximate surface area is 107 Å². The van der Waals surface area contributed by atoms with Gasteiger partial charge in [-0.1, -0.05) is 27.7 Å². The van der Waals surface area contributed by atoms with Gasteiger partial charge in [0.15, 0.2) is 0 Å². The molecule has 98 valence electrons. The lowest BCUT2D eigenvalue weighted by Crippen LogP contribution is -2.48. The molecule has 1 aliphatic heterocycles. The quantitative estimate of drug-likeness (QED) is 0.757. The van der Waals surface area contributed by atoms with Crippen molar-refractivity contribution in [2.75, 3.05) is 19.6 Å². The molecule has 2 atom stereocenters. The Morgan fingerprint density at radius 2 is 2.18 bits per heavy atom. The second-order valence-electron chi connectivity index (χ2n) is 6.19. The molecule has 2 unspecified atom stereocenters. The molecule has 0 aromatic rings. The first-order chi connectivity index (χ1) is 7.99. The molecule has 1 aliphatic rings. The molecule has 0 aromatic carbocycles. The predicted octanol–water partition coefficient (Wildman–Crippen LogP) is 2.50. The lowest BCUT2D eigenvalue weighted by atomic mass is 9.86. The highest BCUT2D eigenvalue weighted by atomic mass is 15.2. The molecule has 0 bridgehead atoms. The smallest absolute Gasteiger partial charge is 0.0243 e. The zero-order chi connectivity index (χ0) is 12.9. The van der Waals surface area contributed by atoms with E-state index < -0.39 is 0 Å². The summed E-state index contributed by atoms with van der Waals surface area (Å²) >= 11 is 0. The first kappa shape index (κ1) is 14.5. The lowest BCUT2D eigenvalue weighted by molar-refractivity contribution is 0.152. The molecule has 2 heteroatoms. The molecule has 1 N–H and O–H groups in total. The van der Waals surface area contributed by atoms with Crippen LogP contribution in [0.2, 0.25) is 0 Å². The van der Waals surface area contributed by atoms with Gasteiger partial charge in [0.1, 0.15) is 0 Å². The Balaban J connectivity index is 2.68. The highest BCUT2D eigenvalue weighted by molar-refractivity contribution is 4.93. The molecule has 0 spiro atoms. The number of terminal acetylenes is 1. The standard InChI is InChI=1S/C15H28N2/c1-6-9-13(7-2)17-11-8-10-16-14(12-17)15(3,4)5/h1,13-14,16H,7-12H2,2-5H3. The van der Waals surface area contributed by atoms with Crippen molar-refractivity contribution in [3.05, 3.63) is 0 Å². The Bertz CT molecular complexity index is 259. The van der Waals surface area contributed by atoms with Crippen molar-refractivity contribution in [2.45, 2.75) is 59.0 Å². The average molecular weight is 236 g/mol. The minimum atomic E-state index is 0.316. The number of rotatable bonds is 3. The maximum absolute atomic E-state index is 5.48. The van der Waals surface area contributed by atoms with E-state index in [1.165, 1.54) is 13.0 Å². The fraction of sp³-hybridized carbons (Fsp3) is 0.867. The summed E-state index contributed by atoms with van der Waals surface area (Å²) in [5, 5.41) is 3.68. The van der Waals surface area contributed by atoms with Crippen LogP contribution in [-0.2, 0) is 0 Å². The van der Waals surface area contributed by atoms with Gasteiger partial charge in [-0.15, -0.1) is 12.3 Å². The largest absolute Gasteiger partial charge is 0.312 e. The Hall–Kier alpha value is -0.520. The van der Waals surface area contributed by atoms with Crippen molar-refractivity contribution >= 4 is 0 Å². The summed E-state index contributed by atoms with van der Waals surface area (Å²) in [6, 6.07) is 1.13. The summed E-state index contributed by atoms with van der Waals surface area (Å²) in [4.78, 5) is 2.59. The summed E-state index contributed by atoms with van der Waals surface area (Å²) in [5.41, 5.74) is 0.316. The summed E-state index contributed by atoms with van der Waals surface area (Å²) in [7, 11) is 0. The SMILES string of the molecule is C#CCC(CC)N1CCCNC(C(C)(C)C)C1. The minimum absolute atomic E-state index is 0.316. The Morgan fingerprint density at radius 3 is 2.71 bits per heavy atom. The van der Waals surface area contributed by atoms with Gasteiger partial charge in [0.05, 0.1) is 0 Å². The summed E-state index contributed by atoms with van der Waals surface area (Å²) in [6.07, 6.45) is 8.74. The van der Waals surface area contributed by atoms with E-state index >= 15 is 0 Å². The molecule has 17 heavy (non-hydrogen) atoms. The first-order valence-electron chi connectivity index (χ1n) is 6.90. The Kier molecular flexibility index (Phi) is 5.49. The van der Waals surface area contributed by atoms with Crippen LogP contribution in [0.4, 0.5) is 0 Å². The van der Waals surface area contributed by atoms with E-state index in [0.29, 0.717) is 17.5 Å². The van der Waals surface area contributed by atoms with E-state index in [4.69, 9.17) is 6.42 Å². The van der Waals surface area contributed by atoms with E-state index in [-0.39, 0.29) is 0 Å². The fourth-order valence-electron chi connectivity index (χ4n) is 2.53. The fourth-order valence-corrected chi connectivity index (χ4v) is 2.53. The minimum Gasteiger partial charge on any atom is -0.312 e. The van der Waals surface area contributed by atoms with Crippen LogP contribution in [0.1, 0.15) is 47.0 Å². The molecule has 0 saturated carbocycles. The molecule has 1 fully saturated rings. The molecule has 1 heterocycles. The van der Waals surface area contributed by atoms with Crippen molar-refractivity contribution in [2.24, 2.45) is 5.41 Å². The van der Waals surface area contributed by atoms with Crippen LogP contribution in [0.3, 0.4) is 0 Å². The van der Waals surface area contributed by atoms with Gasteiger partial charge in [-0.3, -0.25) is 4.90 Å². The molecular weight excluding hydrogens is 208 g/mol. The van der Waals surface area contributed by atoms with Crippen molar-refractivity contribution in [1.29, 1.82) is 0 Å². The van der Waals surface area contributed by atoms with E-state index in [2.05, 4.69) is 43.8 Å². The van der Waals surface area contributed by atoms with Gasteiger partial charge in [0.2, 0.25) is 0 Å². The topological polar surface area (TPSA) is 15.3 Å². The van der Waals surface area contributed by atoms with Crippen LogP contribution in [0.5, 0.6) is 0 Å². The van der Waals surface area contributed by atoms with Gasteiger partial charge in [-0.05, 0) is 31.3 Å². The number of hydrogen-bond acceptors (Lipinski definition) is 2. The number of nitrogens with zero attached hydrogens (tertiary/aromatic N) is 1. The molecule has 1 saturated heterocycles. The normalized spacial score (nSPS) is 25.0. The zero-order valence-corrected chi connectivity index (χ0v) is 11.9. The molecule has 0 aliphatic carbocycles. The lowest BCUT2D eigenvalue weighted by Gasteiger charge is -2.36. The van der Waals surface area contributed by atoms with Gasteiger partial charge < -0.3 is 5.32 Å². The third-order valence-corrected chi connectivity index (χ3v) is 3.82. The van der Waals surface area contributed by atoms with E-state index in [1.54, 1.807) is 0 Å². The molecule has 0 amide bonds. The van der Waals surface area contributed by atoms with Crippen molar-refractivity contribution < 1.29 is 0 Å². The van der Waals surface area contributed by atoms with Crippen molar-refractivity contribution in [1.82, 2.24) is 10.2 Å². The molecular formula is C15H28N2. The number of hydrogen-bond donors (Lipinski definition) is 1. The molecule has 2 nitrogen and oxygen atoms in total. The second-order valence-corrected chi connectivity index (χ2v) is 6.19. The summed E-state index contributed by atoms with van der Waals surface area (Å²) in [5.74, 6) is 2.83. The van der Waals surface area contributed by atoms with Gasteiger partial charge in [0, 0.05) is 25.0 Å². The summed E-state index contributed by atoms with van der Waals surface area (Å²) in [6.45, 7) is 12.6.